The van der Waals surface area contributed by atoms with E-state index < -0.39 is 9.04 Å². The van der Waals surface area contributed by atoms with Crippen molar-refractivity contribution in [2.24, 2.45) is 5.41 Å². The van der Waals surface area contributed by atoms with E-state index in [0.717, 1.165) is 4.47 Å². The minimum atomic E-state index is -0.762. The zero-order chi connectivity index (χ0) is 17.5. The van der Waals surface area contributed by atoms with E-state index in [1.807, 2.05) is 0 Å². The second-order valence-electron chi connectivity index (χ2n) is 7.68. The van der Waals surface area contributed by atoms with Crippen LogP contribution in [-0.2, 0) is 4.43 Å². The molecule has 3 rings (SSSR count). The summed E-state index contributed by atoms with van der Waals surface area (Å²) in [7, 11) is -0.762. The molecule has 3 aromatic carbocycles. The molecular formula is C21H24BrOSi. The van der Waals surface area contributed by atoms with Crippen molar-refractivity contribution >= 4 is 46.5 Å². The second-order valence-corrected chi connectivity index (χ2v) is 10.7. The highest BCUT2D eigenvalue weighted by molar-refractivity contribution is 9.10. The third-order valence-corrected chi connectivity index (χ3v) is 5.47. The quantitative estimate of drug-likeness (QED) is 0.336. The maximum Gasteiger partial charge on any atom is 0.205 e. The fraction of sp³-hybridized carbons (Fsp3) is 0.333. The molecule has 0 aliphatic rings. The zero-order valence-corrected chi connectivity index (χ0v) is 17.6. The van der Waals surface area contributed by atoms with Crippen molar-refractivity contribution in [3.63, 3.8) is 0 Å². The zero-order valence-electron chi connectivity index (χ0n) is 15.0. The Morgan fingerprint density at radius 3 is 2.21 bits per heavy atom. The first-order chi connectivity index (χ1) is 11.3. The summed E-state index contributed by atoms with van der Waals surface area (Å²) in [5, 5.41) is 5.13. The lowest BCUT2D eigenvalue weighted by molar-refractivity contribution is 0.0867. The normalized spacial score (nSPS) is 13.8. The van der Waals surface area contributed by atoms with Gasteiger partial charge in [-0.15, -0.1) is 0 Å². The summed E-state index contributed by atoms with van der Waals surface area (Å²) < 4.78 is 7.47. The Labute approximate surface area is 154 Å². The van der Waals surface area contributed by atoms with Gasteiger partial charge in [0.05, 0.1) is 6.10 Å². The van der Waals surface area contributed by atoms with Crippen molar-refractivity contribution in [2.75, 3.05) is 0 Å². The Hall–Kier alpha value is -1.16. The maximum absolute atomic E-state index is 6.35. The Morgan fingerprint density at radius 1 is 0.875 bits per heavy atom. The van der Waals surface area contributed by atoms with Crippen molar-refractivity contribution in [1.29, 1.82) is 0 Å². The van der Waals surface area contributed by atoms with Gasteiger partial charge in [0, 0.05) is 4.47 Å². The van der Waals surface area contributed by atoms with E-state index in [2.05, 4.69) is 98.3 Å². The molecule has 24 heavy (non-hydrogen) atoms. The standard InChI is InChI=1S/C21H24BrOSi/c1-21(2,3)20(23-24(4)5)16-9-11-18-15(12-16)7-6-14-8-10-17(22)13-19(14)18/h6-13,20H,1-5H3. The van der Waals surface area contributed by atoms with Crippen LogP contribution in [-0.4, -0.2) is 9.04 Å². The van der Waals surface area contributed by atoms with Gasteiger partial charge in [0.25, 0.3) is 0 Å². The van der Waals surface area contributed by atoms with E-state index >= 15 is 0 Å². The van der Waals surface area contributed by atoms with Crippen LogP contribution in [0.1, 0.15) is 32.4 Å². The van der Waals surface area contributed by atoms with Crippen LogP contribution in [0.3, 0.4) is 0 Å². The molecule has 0 aromatic heterocycles. The molecule has 0 aliphatic heterocycles. The molecular weight excluding hydrogens is 376 g/mol. The molecule has 0 N–H and O–H groups in total. The van der Waals surface area contributed by atoms with Gasteiger partial charge in [-0.05, 0) is 63.8 Å². The van der Waals surface area contributed by atoms with Crippen LogP contribution in [0.4, 0.5) is 0 Å². The highest BCUT2D eigenvalue weighted by atomic mass is 79.9. The topological polar surface area (TPSA) is 9.23 Å². The Bertz CT molecular complexity index is 880. The van der Waals surface area contributed by atoms with Gasteiger partial charge in [-0.3, -0.25) is 0 Å². The number of fused-ring (bicyclic) bond motifs is 3. The summed E-state index contributed by atoms with van der Waals surface area (Å²) in [6, 6.07) is 17.7. The van der Waals surface area contributed by atoms with Gasteiger partial charge in [0.15, 0.2) is 0 Å². The molecule has 0 bridgehead atoms. The van der Waals surface area contributed by atoms with Crippen molar-refractivity contribution < 1.29 is 4.43 Å². The largest absolute Gasteiger partial charge is 0.410 e. The van der Waals surface area contributed by atoms with E-state index in [1.165, 1.54) is 27.1 Å². The van der Waals surface area contributed by atoms with E-state index in [-0.39, 0.29) is 11.5 Å². The lowest BCUT2D eigenvalue weighted by atomic mass is 9.84. The third-order valence-electron chi connectivity index (χ3n) is 4.27. The van der Waals surface area contributed by atoms with Gasteiger partial charge < -0.3 is 4.43 Å². The number of hydrogen-bond donors (Lipinski definition) is 0. The van der Waals surface area contributed by atoms with Gasteiger partial charge in [-0.1, -0.05) is 67.0 Å². The van der Waals surface area contributed by atoms with Crippen LogP contribution in [0.25, 0.3) is 21.5 Å². The Morgan fingerprint density at radius 2 is 1.54 bits per heavy atom. The van der Waals surface area contributed by atoms with Crippen molar-refractivity contribution in [3.05, 3.63) is 58.6 Å². The van der Waals surface area contributed by atoms with Crippen molar-refractivity contribution in [3.8, 4) is 0 Å². The lowest BCUT2D eigenvalue weighted by Gasteiger charge is -2.33. The van der Waals surface area contributed by atoms with Gasteiger partial charge in [-0.2, -0.15) is 0 Å². The first-order valence-corrected chi connectivity index (χ1v) is 11.5. The lowest BCUT2D eigenvalue weighted by Crippen LogP contribution is -2.25. The van der Waals surface area contributed by atoms with Crippen LogP contribution in [0.2, 0.25) is 13.1 Å². The van der Waals surface area contributed by atoms with Crippen LogP contribution >= 0.6 is 15.9 Å². The van der Waals surface area contributed by atoms with Crippen LogP contribution in [0.15, 0.2) is 53.0 Å². The average Bonchev–Trinajstić information content (AvgIpc) is 2.50. The number of rotatable bonds is 3. The SMILES string of the molecule is C[Si](C)OC(c1ccc2c(ccc3ccc(Br)cc32)c1)C(C)(C)C. The average molecular weight is 400 g/mol. The minimum absolute atomic E-state index is 0.0789. The summed E-state index contributed by atoms with van der Waals surface area (Å²) in [6.45, 7) is 11.2. The highest BCUT2D eigenvalue weighted by Crippen LogP contribution is 2.38. The molecule has 1 radical (unpaired) electrons. The van der Waals surface area contributed by atoms with E-state index in [4.69, 9.17) is 4.43 Å². The van der Waals surface area contributed by atoms with E-state index in [0.29, 0.717) is 0 Å². The van der Waals surface area contributed by atoms with Crippen molar-refractivity contribution in [2.45, 2.75) is 40.0 Å². The number of benzene rings is 3. The highest BCUT2D eigenvalue weighted by Gasteiger charge is 2.28. The predicted molar refractivity (Wildman–Crippen MR) is 110 cm³/mol. The van der Waals surface area contributed by atoms with Gasteiger partial charge in [0.2, 0.25) is 9.04 Å². The minimum Gasteiger partial charge on any atom is -0.410 e. The Kier molecular flexibility index (Phi) is 4.87. The predicted octanol–water partition coefficient (Wildman–Crippen LogP) is 7.11. The summed E-state index contributed by atoms with van der Waals surface area (Å²) in [5.74, 6) is 0. The molecule has 0 saturated heterocycles. The molecule has 1 unspecified atom stereocenters. The second kappa shape index (κ2) is 6.62. The fourth-order valence-corrected chi connectivity index (χ4v) is 4.52. The van der Waals surface area contributed by atoms with Crippen LogP contribution in [0, 0.1) is 5.41 Å². The number of hydrogen-bond acceptors (Lipinski definition) is 1. The first-order valence-electron chi connectivity index (χ1n) is 8.34. The van der Waals surface area contributed by atoms with Crippen LogP contribution in [0.5, 0.6) is 0 Å². The monoisotopic (exact) mass is 399 g/mol. The summed E-state index contributed by atoms with van der Waals surface area (Å²) >= 11 is 3.59. The fourth-order valence-electron chi connectivity index (χ4n) is 3.19. The summed E-state index contributed by atoms with van der Waals surface area (Å²) in [4.78, 5) is 0. The van der Waals surface area contributed by atoms with Gasteiger partial charge >= 0.3 is 0 Å². The summed E-state index contributed by atoms with van der Waals surface area (Å²) in [5.41, 5.74) is 1.35. The van der Waals surface area contributed by atoms with E-state index in [9.17, 15) is 0 Å². The van der Waals surface area contributed by atoms with Crippen LogP contribution < -0.4 is 0 Å². The molecule has 3 aromatic rings. The molecule has 3 heteroatoms. The van der Waals surface area contributed by atoms with Gasteiger partial charge in [-0.25, -0.2) is 0 Å². The smallest absolute Gasteiger partial charge is 0.205 e. The Balaban J connectivity index is 2.15. The summed E-state index contributed by atoms with van der Waals surface area (Å²) in [6.07, 6.45) is 0.129. The van der Waals surface area contributed by atoms with E-state index in [1.54, 1.807) is 0 Å². The molecule has 0 saturated carbocycles. The molecule has 1 atom stereocenters. The molecule has 0 amide bonds. The molecule has 0 heterocycles. The third kappa shape index (κ3) is 3.58. The molecule has 0 spiro atoms. The first kappa shape index (κ1) is 17.7. The number of halogens is 1. The molecule has 125 valence electrons. The van der Waals surface area contributed by atoms with Gasteiger partial charge in [0.1, 0.15) is 0 Å². The molecule has 1 nitrogen and oxygen atoms in total. The maximum atomic E-state index is 6.35. The molecule has 0 fully saturated rings. The van der Waals surface area contributed by atoms with Crippen molar-refractivity contribution in [1.82, 2.24) is 0 Å². The molecule has 0 aliphatic carbocycles.